The Morgan fingerprint density at radius 2 is 1.91 bits per heavy atom. The number of halogens is 4. The summed E-state index contributed by atoms with van der Waals surface area (Å²) in [5.41, 5.74) is 0.437. The van der Waals surface area contributed by atoms with E-state index in [0.717, 1.165) is 31.3 Å². The lowest BCUT2D eigenvalue weighted by Gasteiger charge is -2.25. The summed E-state index contributed by atoms with van der Waals surface area (Å²) >= 11 is 5.62. The van der Waals surface area contributed by atoms with Crippen LogP contribution in [0.4, 0.5) is 13.2 Å². The molecule has 3 nitrogen and oxygen atoms in total. The van der Waals surface area contributed by atoms with Gasteiger partial charge in [-0.05, 0) is 31.2 Å². The molecule has 0 saturated carbocycles. The van der Waals surface area contributed by atoms with Gasteiger partial charge in [0.05, 0.1) is 6.20 Å². The molecular formula is C16H14ClF3N2O. The third-order valence-electron chi connectivity index (χ3n) is 3.79. The van der Waals surface area contributed by atoms with E-state index < -0.39 is 29.3 Å². The van der Waals surface area contributed by atoms with Crippen LogP contribution in [0.15, 0.2) is 30.6 Å². The summed E-state index contributed by atoms with van der Waals surface area (Å²) in [6.07, 6.45) is 2.55. The van der Waals surface area contributed by atoms with Crippen LogP contribution in [0.5, 0.6) is 5.75 Å². The highest BCUT2D eigenvalue weighted by Crippen LogP contribution is 2.35. The maximum atomic E-state index is 14.0. The van der Waals surface area contributed by atoms with Crippen LogP contribution in [0.25, 0.3) is 0 Å². The third-order valence-corrected chi connectivity index (χ3v) is 4.01. The van der Waals surface area contributed by atoms with Crippen LogP contribution in [0.3, 0.4) is 0 Å². The van der Waals surface area contributed by atoms with Gasteiger partial charge in [0.1, 0.15) is 11.9 Å². The molecule has 1 aliphatic heterocycles. The molecule has 2 atom stereocenters. The second kappa shape index (κ2) is 6.76. The number of nitrogens with one attached hydrogen (secondary N) is 1. The van der Waals surface area contributed by atoms with Gasteiger partial charge in [0.15, 0.2) is 17.4 Å². The van der Waals surface area contributed by atoms with Gasteiger partial charge in [0, 0.05) is 29.2 Å². The van der Waals surface area contributed by atoms with Crippen molar-refractivity contribution in [2.45, 2.75) is 12.5 Å². The van der Waals surface area contributed by atoms with Crippen molar-refractivity contribution in [3.05, 3.63) is 58.6 Å². The molecule has 1 aromatic carbocycles. The summed E-state index contributed by atoms with van der Waals surface area (Å²) in [4.78, 5) is 3.79. The van der Waals surface area contributed by atoms with Gasteiger partial charge >= 0.3 is 0 Å². The van der Waals surface area contributed by atoms with E-state index >= 15 is 0 Å². The molecule has 0 bridgehead atoms. The standard InChI is InChI=1S/C16H14ClF3N2O/c17-11-4-13(19)16(14(20)5-11)23-15(9-1-2-21-6-9)10-3-12(18)8-22-7-10/h3-5,7-9,15,21H,1-2,6H2/t9-,15+/m0/s1. The molecule has 1 fully saturated rings. The quantitative estimate of drug-likeness (QED) is 0.915. The number of hydrogen-bond acceptors (Lipinski definition) is 3. The number of nitrogens with zero attached hydrogens (tertiary/aromatic N) is 1. The van der Waals surface area contributed by atoms with Crippen molar-refractivity contribution < 1.29 is 17.9 Å². The minimum Gasteiger partial charge on any atom is -0.479 e. The summed E-state index contributed by atoms with van der Waals surface area (Å²) in [5, 5.41) is 3.10. The zero-order chi connectivity index (χ0) is 16.4. The first-order valence-electron chi connectivity index (χ1n) is 7.17. The first-order valence-corrected chi connectivity index (χ1v) is 7.55. The van der Waals surface area contributed by atoms with Crippen LogP contribution in [-0.2, 0) is 0 Å². The van der Waals surface area contributed by atoms with Crippen molar-refractivity contribution in [3.63, 3.8) is 0 Å². The van der Waals surface area contributed by atoms with Crippen LogP contribution in [0.1, 0.15) is 18.1 Å². The van der Waals surface area contributed by atoms with Crippen molar-refractivity contribution in [2.75, 3.05) is 13.1 Å². The number of hydrogen-bond donors (Lipinski definition) is 1. The highest BCUT2D eigenvalue weighted by molar-refractivity contribution is 6.30. The van der Waals surface area contributed by atoms with Crippen LogP contribution < -0.4 is 10.1 Å². The highest BCUT2D eigenvalue weighted by Gasteiger charge is 2.30. The molecule has 0 unspecified atom stereocenters. The van der Waals surface area contributed by atoms with E-state index in [9.17, 15) is 13.2 Å². The predicted molar refractivity (Wildman–Crippen MR) is 79.9 cm³/mol. The Morgan fingerprint density at radius 3 is 2.52 bits per heavy atom. The van der Waals surface area contributed by atoms with Gasteiger partial charge in [-0.15, -0.1) is 0 Å². The summed E-state index contributed by atoms with van der Waals surface area (Å²) in [6, 6.07) is 3.23. The molecule has 1 aromatic heterocycles. The lowest BCUT2D eigenvalue weighted by atomic mass is 9.95. The minimum atomic E-state index is -0.893. The van der Waals surface area contributed by atoms with Gasteiger partial charge in [0.25, 0.3) is 0 Å². The zero-order valence-electron chi connectivity index (χ0n) is 12.0. The Balaban J connectivity index is 1.96. The van der Waals surface area contributed by atoms with Crippen molar-refractivity contribution in [2.24, 2.45) is 5.92 Å². The normalized spacial score (nSPS) is 18.9. The van der Waals surface area contributed by atoms with Crippen LogP contribution in [0, 0.1) is 23.4 Å². The summed E-state index contributed by atoms with van der Waals surface area (Å²) in [6.45, 7) is 1.37. The minimum absolute atomic E-state index is 0.0481. The molecule has 1 N–H and O–H groups in total. The number of pyridine rings is 1. The molecule has 0 aliphatic carbocycles. The van der Waals surface area contributed by atoms with E-state index in [1.807, 2.05) is 0 Å². The largest absolute Gasteiger partial charge is 0.479 e. The van der Waals surface area contributed by atoms with Gasteiger partial charge in [-0.2, -0.15) is 0 Å². The molecule has 2 aromatic rings. The Kier molecular flexibility index (Phi) is 4.73. The SMILES string of the molecule is Fc1cncc([C@H](Oc2c(F)cc(Cl)cc2F)[C@H]2CCNC2)c1. The summed E-state index contributed by atoms with van der Waals surface area (Å²) < 4.78 is 47.1. The summed E-state index contributed by atoms with van der Waals surface area (Å²) in [7, 11) is 0. The number of ether oxygens (including phenoxy) is 1. The number of rotatable bonds is 4. The maximum absolute atomic E-state index is 14.0. The lowest BCUT2D eigenvalue weighted by molar-refractivity contribution is 0.131. The van der Waals surface area contributed by atoms with E-state index in [1.165, 1.54) is 12.3 Å². The molecule has 1 aliphatic rings. The van der Waals surface area contributed by atoms with E-state index in [-0.39, 0.29) is 10.9 Å². The molecule has 1 saturated heterocycles. The molecule has 0 amide bonds. The number of aromatic nitrogens is 1. The molecule has 23 heavy (non-hydrogen) atoms. The monoisotopic (exact) mass is 342 g/mol. The second-order valence-electron chi connectivity index (χ2n) is 5.43. The Morgan fingerprint density at radius 1 is 1.17 bits per heavy atom. The fourth-order valence-electron chi connectivity index (χ4n) is 2.72. The molecule has 2 heterocycles. The Labute approximate surface area is 136 Å². The van der Waals surface area contributed by atoms with Crippen molar-refractivity contribution in [1.82, 2.24) is 10.3 Å². The third kappa shape index (κ3) is 3.59. The average Bonchev–Trinajstić information content (AvgIpc) is 3.00. The Hall–Kier alpha value is -1.79. The highest BCUT2D eigenvalue weighted by atomic mass is 35.5. The van der Waals surface area contributed by atoms with Crippen molar-refractivity contribution in [1.29, 1.82) is 0 Å². The zero-order valence-corrected chi connectivity index (χ0v) is 12.8. The fraction of sp³-hybridized carbons (Fsp3) is 0.312. The van der Waals surface area contributed by atoms with Gasteiger partial charge in [-0.25, -0.2) is 13.2 Å². The fourth-order valence-corrected chi connectivity index (χ4v) is 2.92. The van der Waals surface area contributed by atoms with Gasteiger partial charge in [0.2, 0.25) is 0 Å². The lowest BCUT2D eigenvalue weighted by Crippen LogP contribution is -2.22. The smallest absolute Gasteiger partial charge is 0.191 e. The first kappa shape index (κ1) is 16.1. The average molecular weight is 343 g/mol. The van der Waals surface area contributed by atoms with E-state index in [0.29, 0.717) is 12.1 Å². The molecule has 0 spiro atoms. The summed E-state index contributed by atoms with van der Waals surface area (Å²) in [5.74, 6) is -2.88. The topological polar surface area (TPSA) is 34.1 Å². The molecule has 7 heteroatoms. The van der Waals surface area contributed by atoms with Gasteiger partial charge in [-0.3, -0.25) is 4.98 Å². The van der Waals surface area contributed by atoms with Crippen molar-refractivity contribution in [3.8, 4) is 5.75 Å². The molecular weight excluding hydrogens is 329 g/mol. The van der Waals surface area contributed by atoms with Crippen LogP contribution >= 0.6 is 11.6 Å². The van der Waals surface area contributed by atoms with Gasteiger partial charge < -0.3 is 10.1 Å². The molecule has 0 radical (unpaired) electrons. The van der Waals surface area contributed by atoms with E-state index in [1.54, 1.807) is 0 Å². The second-order valence-corrected chi connectivity index (χ2v) is 5.86. The Bertz CT molecular complexity index is 684. The molecule has 122 valence electrons. The van der Waals surface area contributed by atoms with Crippen LogP contribution in [0.2, 0.25) is 5.02 Å². The maximum Gasteiger partial charge on any atom is 0.191 e. The van der Waals surface area contributed by atoms with Crippen LogP contribution in [-0.4, -0.2) is 18.1 Å². The first-order chi connectivity index (χ1) is 11.0. The van der Waals surface area contributed by atoms with Crippen molar-refractivity contribution >= 4 is 11.6 Å². The molecule has 3 rings (SSSR count). The predicted octanol–water partition coefficient (Wildman–Crippen LogP) is 3.88. The van der Waals surface area contributed by atoms with E-state index in [4.69, 9.17) is 16.3 Å². The van der Waals surface area contributed by atoms with Gasteiger partial charge in [-0.1, -0.05) is 11.6 Å². The van der Waals surface area contributed by atoms with E-state index in [2.05, 4.69) is 10.3 Å². The number of benzene rings is 1.